The minimum absolute atomic E-state index is 0.111. The van der Waals surface area contributed by atoms with E-state index >= 15 is 0 Å². The Morgan fingerprint density at radius 1 is 0.460 bits per heavy atom. The third-order valence-electron chi connectivity index (χ3n) is 15.2. The first kappa shape index (κ1) is 48.4. The van der Waals surface area contributed by atoms with Crippen LogP contribution in [0.2, 0.25) is 0 Å². The second-order valence-corrected chi connectivity index (χ2v) is 23.7. The van der Waals surface area contributed by atoms with Gasteiger partial charge in [0.25, 0.3) is 17.7 Å². The standard InChI is InChI=1S/C30H52N6O4.C18H25N3O2/c1-25(2)17-29(18-26(3,4)33(25)9)21(37)35(23(39)31-29)15-13-11-12-14-16-36-22(38)30(32-24(36)40)19-27(5,6)34(10)28(7,8)20-30;1-12-6-8-13(9-7-12)21-14(22)18(19-15(21)23)10-16(2,3)20-17(4,5)11-18/h11-20H2,1-10H3,(H,31,39)(H,32,40);6-9,20H,10-11H2,1-5H3,(H,19,23). The molecule has 6 saturated heterocycles. The molecule has 6 fully saturated rings. The number of nitrogens with one attached hydrogen (secondary N) is 4. The molecule has 15 nitrogen and oxygen atoms in total. The van der Waals surface area contributed by atoms with Gasteiger partial charge in [-0.1, -0.05) is 30.5 Å². The van der Waals surface area contributed by atoms with Crippen LogP contribution in [0.4, 0.5) is 20.1 Å². The van der Waals surface area contributed by atoms with E-state index in [1.165, 1.54) is 14.7 Å². The highest BCUT2D eigenvalue weighted by molar-refractivity contribution is 6.23. The Bertz CT molecular complexity index is 1880. The zero-order chi connectivity index (χ0) is 47.1. The summed E-state index contributed by atoms with van der Waals surface area (Å²) in [6.07, 6.45) is 6.50. The van der Waals surface area contributed by atoms with E-state index in [0.29, 0.717) is 70.1 Å². The molecule has 6 heterocycles. The predicted molar refractivity (Wildman–Crippen MR) is 245 cm³/mol. The lowest BCUT2D eigenvalue weighted by molar-refractivity contribution is -0.140. The number of rotatable bonds is 8. The molecule has 15 heteroatoms. The van der Waals surface area contributed by atoms with Gasteiger partial charge >= 0.3 is 18.1 Å². The maximum atomic E-state index is 13.5. The minimum Gasteiger partial charge on any atom is -0.323 e. The molecule has 0 aliphatic carbocycles. The highest BCUT2D eigenvalue weighted by Crippen LogP contribution is 2.47. The Kier molecular flexibility index (Phi) is 12.1. The normalized spacial score (nSPS) is 27.1. The summed E-state index contributed by atoms with van der Waals surface area (Å²) in [5, 5.41) is 12.7. The Labute approximate surface area is 376 Å². The quantitative estimate of drug-likeness (QED) is 0.170. The topological polar surface area (TPSA) is 167 Å². The largest absolute Gasteiger partial charge is 0.329 e. The molecule has 63 heavy (non-hydrogen) atoms. The number of aryl methyl sites for hydroxylation is 1. The molecule has 6 aliphatic heterocycles. The summed E-state index contributed by atoms with van der Waals surface area (Å²) in [7, 11) is 4.17. The Balaban J connectivity index is 0.000000242. The first-order chi connectivity index (χ1) is 28.7. The molecule has 7 rings (SSSR count). The third-order valence-corrected chi connectivity index (χ3v) is 15.2. The maximum Gasteiger partial charge on any atom is 0.329 e. The van der Waals surface area contributed by atoms with Crippen LogP contribution in [0.3, 0.4) is 0 Å². The number of nitrogens with zero attached hydrogens (tertiary/aromatic N) is 5. The molecule has 1 aromatic carbocycles. The number of anilines is 1. The smallest absolute Gasteiger partial charge is 0.323 e. The lowest BCUT2D eigenvalue weighted by Crippen LogP contribution is -2.68. The van der Waals surface area contributed by atoms with Gasteiger partial charge in [0.1, 0.15) is 16.6 Å². The molecular weight excluding hydrogens is 799 g/mol. The highest BCUT2D eigenvalue weighted by Gasteiger charge is 2.62. The van der Waals surface area contributed by atoms with Gasteiger partial charge < -0.3 is 21.3 Å². The van der Waals surface area contributed by atoms with Gasteiger partial charge in [0.15, 0.2) is 0 Å². The van der Waals surface area contributed by atoms with Gasteiger partial charge in [-0.3, -0.25) is 34.0 Å². The van der Waals surface area contributed by atoms with Crippen LogP contribution in [0, 0.1) is 6.92 Å². The number of benzene rings is 1. The molecule has 6 aliphatic rings. The molecule has 4 N–H and O–H groups in total. The summed E-state index contributed by atoms with van der Waals surface area (Å²) in [5.41, 5.74) is -2.17. The molecule has 0 atom stereocenters. The predicted octanol–water partition coefficient (Wildman–Crippen LogP) is 6.42. The van der Waals surface area contributed by atoms with Gasteiger partial charge in [0, 0.05) is 46.3 Å². The van der Waals surface area contributed by atoms with Crippen molar-refractivity contribution in [2.75, 3.05) is 32.1 Å². The minimum atomic E-state index is -0.854. The van der Waals surface area contributed by atoms with Gasteiger partial charge in [-0.2, -0.15) is 0 Å². The molecule has 1 aromatic rings. The first-order valence-electron chi connectivity index (χ1n) is 23.0. The van der Waals surface area contributed by atoms with Gasteiger partial charge in [-0.05, 0) is 168 Å². The summed E-state index contributed by atoms with van der Waals surface area (Å²) < 4.78 is 0. The van der Waals surface area contributed by atoms with E-state index in [4.69, 9.17) is 0 Å². The van der Waals surface area contributed by atoms with Crippen LogP contribution in [-0.4, -0.2) is 132 Å². The van der Waals surface area contributed by atoms with E-state index in [9.17, 15) is 28.8 Å². The Morgan fingerprint density at radius 2 is 0.794 bits per heavy atom. The number of imide groups is 3. The van der Waals surface area contributed by atoms with Crippen molar-refractivity contribution in [2.45, 2.75) is 204 Å². The lowest BCUT2D eigenvalue weighted by atomic mass is 9.69. The number of carbonyl (C=O) groups excluding carboxylic acids is 6. The molecule has 0 saturated carbocycles. The molecular formula is C48H77N9O6. The molecule has 0 bridgehead atoms. The Hall–Kier alpha value is -4.08. The molecule has 0 radical (unpaired) electrons. The molecule has 3 spiro atoms. The second kappa shape index (κ2) is 15.8. The first-order valence-corrected chi connectivity index (χ1v) is 23.0. The van der Waals surface area contributed by atoms with E-state index in [2.05, 4.69) is 128 Å². The van der Waals surface area contributed by atoms with Crippen LogP contribution in [-0.2, 0) is 14.4 Å². The van der Waals surface area contributed by atoms with Crippen molar-refractivity contribution in [3.8, 4) is 0 Å². The third kappa shape index (κ3) is 8.99. The number of likely N-dealkylation sites (tertiary alicyclic amines) is 2. The fourth-order valence-electron chi connectivity index (χ4n) is 12.7. The van der Waals surface area contributed by atoms with Gasteiger partial charge in [0.2, 0.25) is 0 Å². The fourth-order valence-corrected chi connectivity index (χ4v) is 12.7. The number of piperidine rings is 3. The number of unbranched alkanes of at least 4 members (excludes halogenated alkanes) is 3. The van der Waals surface area contributed by atoms with Crippen molar-refractivity contribution >= 4 is 41.5 Å². The van der Waals surface area contributed by atoms with E-state index in [0.717, 1.165) is 18.4 Å². The Morgan fingerprint density at radius 3 is 1.16 bits per heavy atom. The fraction of sp³-hybridized carbons (Fsp3) is 0.750. The van der Waals surface area contributed by atoms with Crippen molar-refractivity contribution in [3.05, 3.63) is 29.8 Å². The van der Waals surface area contributed by atoms with Crippen LogP contribution in [0.5, 0.6) is 0 Å². The van der Waals surface area contributed by atoms with Crippen molar-refractivity contribution < 1.29 is 28.8 Å². The summed E-state index contributed by atoms with van der Waals surface area (Å²) in [6, 6.07) is 6.55. The van der Waals surface area contributed by atoms with Crippen molar-refractivity contribution in [2.24, 2.45) is 0 Å². The van der Waals surface area contributed by atoms with E-state index in [-0.39, 0.29) is 69.0 Å². The summed E-state index contributed by atoms with van der Waals surface area (Å²) in [5.74, 6) is -0.366. The highest BCUT2D eigenvalue weighted by atomic mass is 16.2. The van der Waals surface area contributed by atoms with Crippen LogP contribution in [0.25, 0.3) is 0 Å². The van der Waals surface area contributed by atoms with E-state index in [1.807, 2.05) is 31.2 Å². The average molecular weight is 876 g/mol. The van der Waals surface area contributed by atoms with Crippen LogP contribution < -0.4 is 26.2 Å². The molecule has 9 amide bonds. The average Bonchev–Trinajstić information content (AvgIpc) is 3.58. The summed E-state index contributed by atoms with van der Waals surface area (Å²) in [6.45, 7) is 28.0. The number of urea groups is 3. The van der Waals surface area contributed by atoms with E-state index < -0.39 is 16.6 Å². The zero-order valence-electron chi connectivity index (χ0n) is 41.0. The van der Waals surface area contributed by atoms with Crippen molar-refractivity contribution in [1.82, 2.24) is 40.9 Å². The number of hydrogen-bond donors (Lipinski definition) is 4. The van der Waals surface area contributed by atoms with Crippen LogP contribution in [0.1, 0.15) is 153 Å². The monoisotopic (exact) mass is 876 g/mol. The zero-order valence-corrected chi connectivity index (χ0v) is 41.0. The summed E-state index contributed by atoms with van der Waals surface area (Å²) >= 11 is 0. The molecule has 0 unspecified atom stereocenters. The van der Waals surface area contributed by atoms with Crippen LogP contribution >= 0.6 is 0 Å². The van der Waals surface area contributed by atoms with Gasteiger partial charge in [-0.15, -0.1) is 0 Å². The lowest BCUT2D eigenvalue weighted by Gasteiger charge is -2.56. The molecule has 350 valence electrons. The SMILES string of the molecule is CN1C(C)(C)CC2(CC1(C)C)NC(=O)N(CCCCCCN1C(=O)NC3(CC(C)(C)N(C)C(C)(C)C3)C1=O)C2=O.Cc1ccc(N2C(=O)NC3(CC(C)(C)NC(C)(C)C3)C2=O)cc1. The molecule has 0 aromatic heterocycles. The van der Waals surface area contributed by atoms with E-state index in [1.54, 1.807) is 0 Å². The van der Waals surface area contributed by atoms with Crippen LogP contribution in [0.15, 0.2) is 24.3 Å². The van der Waals surface area contributed by atoms with Crippen molar-refractivity contribution in [3.63, 3.8) is 0 Å². The van der Waals surface area contributed by atoms with Gasteiger partial charge in [0.05, 0.1) is 5.69 Å². The number of hydrogen-bond acceptors (Lipinski definition) is 9. The van der Waals surface area contributed by atoms with Gasteiger partial charge in [-0.25, -0.2) is 19.3 Å². The van der Waals surface area contributed by atoms with Crippen molar-refractivity contribution in [1.29, 1.82) is 0 Å². The number of amides is 9. The summed E-state index contributed by atoms with van der Waals surface area (Å²) in [4.78, 5) is 87.2. The number of carbonyl (C=O) groups is 6. The maximum absolute atomic E-state index is 13.5. The second-order valence-electron chi connectivity index (χ2n) is 23.7.